The van der Waals surface area contributed by atoms with Crippen LogP contribution in [-0.2, 0) is 30.9 Å². The maximum Gasteiger partial charge on any atom is 0.325 e. The van der Waals surface area contributed by atoms with Gasteiger partial charge < -0.3 is 18.8 Å². The van der Waals surface area contributed by atoms with Crippen molar-refractivity contribution in [3.8, 4) is 11.5 Å². The molecule has 0 radical (unpaired) electrons. The topological polar surface area (TPSA) is 116 Å². The summed E-state index contributed by atoms with van der Waals surface area (Å²) < 4.78 is 45.4. The second-order valence-electron chi connectivity index (χ2n) is 7.35. The lowest BCUT2D eigenvalue weighted by molar-refractivity contribution is -0.141. The third-order valence-electron chi connectivity index (χ3n) is 5.46. The summed E-state index contributed by atoms with van der Waals surface area (Å²) >= 11 is 2.25. The van der Waals surface area contributed by atoms with E-state index < -0.39 is 27.9 Å². The molecule has 1 fully saturated rings. The van der Waals surface area contributed by atoms with Crippen LogP contribution < -0.4 is 14.3 Å². The van der Waals surface area contributed by atoms with E-state index in [1.807, 2.05) is 0 Å². The SMILES string of the molecule is COC(=O)Cn1c(=NC(=O)C2CCCN2S(=O)(=O)c2cccs2)sc2c(OC)ccc(OC)c21. The van der Waals surface area contributed by atoms with Crippen LogP contribution in [0.15, 0.2) is 38.8 Å². The lowest BCUT2D eigenvalue weighted by Gasteiger charge is -2.20. The number of ether oxygens (including phenoxy) is 3. The summed E-state index contributed by atoms with van der Waals surface area (Å²) in [6.07, 6.45) is 0.911. The van der Waals surface area contributed by atoms with Crippen LogP contribution in [0.25, 0.3) is 10.2 Å². The lowest BCUT2D eigenvalue weighted by Crippen LogP contribution is -2.40. The fraction of sp³-hybridized carbons (Fsp3) is 0.381. The normalized spacial score (nSPS) is 17.3. The molecule has 3 aromatic rings. The van der Waals surface area contributed by atoms with E-state index in [9.17, 15) is 18.0 Å². The van der Waals surface area contributed by atoms with Crippen molar-refractivity contribution in [1.29, 1.82) is 0 Å². The maximum atomic E-state index is 13.3. The van der Waals surface area contributed by atoms with Gasteiger partial charge in [-0.25, -0.2) is 8.42 Å². The zero-order chi connectivity index (χ0) is 24.5. The molecule has 0 spiro atoms. The second kappa shape index (κ2) is 9.86. The molecule has 1 aliphatic heterocycles. The number of benzene rings is 1. The van der Waals surface area contributed by atoms with E-state index in [4.69, 9.17) is 14.2 Å². The molecule has 13 heteroatoms. The molecule has 1 saturated heterocycles. The molecule has 1 amide bonds. The first-order valence-electron chi connectivity index (χ1n) is 10.3. The molecule has 1 aliphatic rings. The number of thiazole rings is 1. The molecule has 0 N–H and O–H groups in total. The van der Waals surface area contributed by atoms with Gasteiger partial charge in [0.05, 0.1) is 21.3 Å². The Morgan fingerprint density at radius 1 is 1.15 bits per heavy atom. The third-order valence-corrected chi connectivity index (χ3v) is 9.83. The summed E-state index contributed by atoms with van der Waals surface area (Å²) in [6, 6.07) is 5.67. The van der Waals surface area contributed by atoms with E-state index in [1.54, 1.807) is 23.6 Å². The molecule has 0 bridgehead atoms. The molecule has 1 unspecified atom stereocenters. The minimum atomic E-state index is -3.81. The molecule has 1 aromatic carbocycles. The van der Waals surface area contributed by atoms with Crippen LogP contribution in [-0.4, -0.2) is 63.1 Å². The average Bonchev–Trinajstić information content (AvgIpc) is 3.59. The van der Waals surface area contributed by atoms with Crippen molar-refractivity contribution < 1.29 is 32.2 Å². The zero-order valence-electron chi connectivity index (χ0n) is 18.7. The fourth-order valence-corrected chi connectivity index (χ4v) is 7.76. The van der Waals surface area contributed by atoms with Gasteiger partial charge in [0.15, 0.2) is 4.80 Å². The Morgan fingerprint density at radius 2 is 1.88 bits per heavy atom. The van der Waals surface area contributed by atoms with Crippen LogP contribution in [0.1, 0.15) is 12.8 Å². The van der Waals surface area contributed by atoms with Gasteiger partial charge in [0.2, 0.25) is 0 Å². The smallest absolute Gasteiger partial charge is 0.325 e. The molecule has 0 saturated carbocycles. The minimum absolute atomic E-state index is 0.185. The minimum Gasteiger partial charge on any atom is -0.495 e. The van der Waals surface area contributed by atoms with Gasteiger partial charge in [-0.1, -0.05) is 17.4 Å². The van der Waals surface area contributed by atoms with E-state index in [0.29, 0.717) is 34.6 Å². The molecule has 3 heterocycles. The van der Waals surface area contributed by atoms with Crippen LogP contribution in [0.5, 0.6) is 11.5 Å². The fourth-order valence-electron chi connectivity index (χ4n) is 3.85. The number of aromatic nitrogens is 1. The van der Waals surface area contributed by atoms with E-state index >= 15 is 0 Å². The average molecular weight is 526 g/mol. The van der Waals surface area contributed by atoms with Crippen molar-refractivity contribution >= 4 is 54.8 Å². The van der Waals surface area contributed by atoms with E-state index in [-0.39, 0.29) is 22.1 Å². The molecular formula is C21H23N3O7S3. The van der Waals surface area contributed by atoms with Gasteiger partial charge in [-0.2, -0.15) is 9.30 Å². The molecular weight excluding hydrogens is 502 g/mol. The summed E-state index contributed by atoms with van der Waals surface area (Å²) in [4.78, 5) is 29.9. The first-order chi connectivity index (χ1) is 16.3. The quantitative estimate of drug-likeness (QED) is 0.434. The number of esters is 1. The Hall–Kier alpha value is -2.74. The number of hydrogen-bond acceptors (Lipinski definition) is 9. The highest BCUT2D eigenvalue weighted by molar-refractivity contribution is 7.91. The Morgan fingerprint density at radius 3 is 2.53 bits per heavy atom. The standard InChI is InChI=1S/C21H23N3O7S3/c1-29-14-8-9-15(30-2)19-18(14)23(12-16(25)31-3)21(33-19)22-20(26)13-6-4-10-24(13)34(27,28)17-7-5-11-32-17/h5,7-9,11,13H,4,6,10,12H2,1-3H3. The first-order valence-corrected chi connectivity index (χ1v) is 13.4. The second-order valence-corrected chi connectivity index (χ2v) is 11.4. The monoisotopic (exact) mass is 525 g/mol. The lowest BCUT2D eigenvalue weighted by atomic mass is 10.2. The van der Waals surface area contributed by atoms with Crippen LogP contribution in [0.3, 0.4) is 0 Å². The summed E-state index contributed by atoms with van der Waals surface area (Å²) in [6.45, 7) is 0.0242. The Kier molecular flexibility index (Phi) is 7.07. The molecule has 34 heavy (non-hydrogen) atoms. The Labute approximate surface area is 204 Å². The number of methoxy groups -OCH3 is 3. The van der Waals surface area contributed by atoms with Crippen LogP contribution in [0.4, 0.5) is 0 Å². The highest BCUT2D eigenvalue weighted by atomic mass is 32.2. The van der Waals surface area contributed by atoms with Crippen molar-refractivity contribution in [3.63, 3.8) is 0 Å². The van der Waals surface area contributed by atoms with Gasteiger partial charge in [-0.15, -0.1) is 11.3 Å². The van der Waals surface area contributed by atoms with Crippen molar-refractivity contribution in [3.05, 3.63) is 34.4 Å². The van der Waals surface area contributed by atoms with Crippen molar-refractivity contribution in [2.45, 2.75) is 29.6 Å². The van der Waals surface area contributed by atoms with E-state index in [2.05, 4.69) is 4.99 Å². The van der Waals surface area contributed by atoms with E-state index in [1.165, 1.54) is 36.3 Å². The van der Waals surface area contributed by atoms with Crippen molar-refractivity contribution in [2.75, 3.05) is 27.9 Å². The third kappa shape index (κ3) is 4.35. The molecule has 0 aliphatic carbocycles. The van der Waals surface area contributed by atoms with Crippen LogP contribution in [0.2, 0.25) is 0 Å². The number of sulfonamides is 1. The summed E-state index contributed by atoms with van der Waals surface area (Å²) in [5.41, 5.74) is 0.526. The zero-order valence-corrected chi connectivity index (χ0v) is 21.2. The highest BCUT2D eigenvalue weighted by Crippen LogP contribution is 2.35. The molecule has 4 rings (SSSR count). The highest BCUT2D eigenvalue weighted by Gasteiger charge is 2.40. The van der Waals surface area contributed by atoms with Gasteiger partial charge in [0.25, 0.3) is 15.9 Å². The Bertz CT molecular complexity index is 1390. The number of carbonyl (C=O) groups is 2. The number of rotatable bonds is 7. The predicted molar refractivity (Wildman–Crippen MR) is 127 cm³/mol. The summed E-state index contributed by atoms with van der Waals surface area (Å²) in [5, 5.41) is 1.68. The number of amides is 1. The summed E-state index contributed by atoms with van der Waals surface area (Å²) in [7, 11) is 0.468. The predicted octanol–water partition coefficient (Wildman–Crippen LogP) is 2.24. The van der Waals surface area contributed by atoms with Gasteiger partial charge in [0.1, 0.15) is 38.5 Å². The summed E-state index contributed by atoms with van der Waals surface area (Å²) in [5.74, 6) is -0.148. The van der Waals surface area contributed by atoms with Crippen LogP contribution in [0, 0.1) is 0 Å². The maximum absolute atomic E-state index is 13.3. The van der Waals surface area contributed by atoms with Gasteiger partial charge in [0, 0.05) is 6.54 Å². The molecule has 182 valence electrons. The largest absolute Gasteiger partial charge is 0.495 e. The molecule has 10 nitrogen and oxygen atoms in total. The number of thiophene rings is 1. The number of nitrogens with zero attached hydrogens (tertiary/aromatic N) is 3. The molecule has 2 aromatic heterocycles. The van der Waals surface area contributed by atoms with Crippen molar-refractivity contribution in [2.24, 2.45) is 4.99 Å². The number of hydrogen-bond donors (Lipinski definition) is 0. The Balaban J connectivity index is 1.83. The number of fused-ring (bicyclic) bond motifs is 1. The van der Waals surface area contributed by atoms with Gasteiger partial charge >= 0.3 is 5.97 Å². The van der Waals surface area contributed by atoms with E-state index in [0.717, 1.165) is 22.7 Å². The van der Waals surface area contributed by atoms with Gasteiger partial charge in [-0.05, 0) is 36.4 Å². The number of carbonyl (C=O) groups excluding carboxylic acids is 2. The first kappa shape index (κ1) is 24.4. The van der Waals surface area contributed by atoms with Gasteiger partial charge in [-0.3, -0.25) is 9.59 Å². The van der Waals surface area contributed by atoms with Crippen LogP contribution >= 0.6 is 22.7 Å². The van der Waals surface area contributed by atoms with Crippen molar-refractivity contribution in [1.82, 2.24) is 8.87 Å². The molecule has 1 atom stereocenters.